The summed E-state index contributed by atoms with van der Waals surface area (Å²) in [5.74, 6) is 7.64. The SMILES string of the molecule is O=C(c1ccc(OCC2CC2)c(C#Cc2ccccn2)c1)N1Cc2ccccc2C1. The smallest absolute Gasteiger partial charge is 0.254 e. The zero-order chi connectivity index (χ0) is 20.3. The number of ether oxygens (including phenoxy) is 1. The molecule has 5 rings (SSSR count). The first kappa shape index (κ1) is 18.4. The molecular formula is C26H22N2O2. The van der Waals surface area contributed by atoms with Crippen LogP contribution in [0.4, 0.5) is 0 Å². The van der Waals surface area contributed by atoms with Crippen molar-refractivity contribution in [1.29, 1.82) is 0 Å². The highest BCUT2D eigenvalue weighted by Gasteiger charge is 2.25. The van der Waals surface area contributed by atoms with E-state index in [4.69, 9.17) is 4.74 Å². The van der Waals surface area contributed by atoms with E-state index >= 15 is 0 Å². The molecule has 0 N–H and O–H groups in total. The van der Waals surface area contributed by atoms with Crippen LogP contribution >= 0.6 is 0 Å². The van der Waals surface area contributed by atoms with Crippen molar-refractivity contribution in [3.05, 3.63) is 94.8 Å². The summed E-state index contributed by atoms with van der Waals surface area (Å²) in [6, 6.07) is 19.4. The average molecular weight is 394 g/mol. The molecule has 1 aliphatic heterocycles. The second-order valence-electron chi connectivity index (χ2n) is 7.86. The van der Waals surface area contributed by atoms with Gasteiger partial charge in [-0.2, -0.15) is 0 Å². The topological polar surface area (TPSA) is 42.4 Å². The van der Waals surface area contributed by atoms with Gasteiger partial charge in [-0.1, -0.05) is 36.3 Å². The Labute approximate surface area is 176 Å². The van der Waals surface area contributed by atoms with Gasteiger partial charge in [0.2, 0.25) is 0 Å². The van der Waals surface area contributed by atoms with Crippen molar-refractivity contribution in [1.82, 2.24) is 9.88 Å². The van der Waals surface area contributed by atoms with E-state index in [0.717, 1.165) is 11.3 Å². The number of benzene rings is 2. The van der Waals surface area contributed by atoms with Gasteiger partial charge in [0.15, 0.2) is 0 Å². The lowest BCUT2D eigenvalue weighted by Gasteiger charge is -2.16. The Bertz CT molecular complexity index is 1120. The van der Waals surface area contributed by atoms with Gasteiger partial charge in [-0.05, 0) is 66.1 Å². The molecule has 2 aromatic carbocycles. The summed E-state index contributed by atoms with van der Waals surface area (Å²) in [6.07, 6.45) is 4.17. The van der Waals surface area contributed by atoms with Crippen molar-refractivity contribution in [2.75, 3.05) is 6.61 Å². The lowest BCUT2D eigenvalue weighted by molar-refractivity contribution is 0.0751. The number of amides is 1. The second-order valence-corrected chi connectivity index (χ2v) is 7.86. The Kier molecular flexibility index (Phi) is 4.94. The van der Waals surface area contributed by atoms with Crippen LogP contribution in [0, 0.1) is 17.8 Å². The molecule has 0 saturated heterocycles. The van der Waals surface area contributed by atoms with E-state index in [1.54, 1.807) is 6.20 Å². The monoisotopic (exact) mass is 394 g/mol. The van der Waals surface area contributed by atoms with Gasteiger partial charge >= 0.3 is 0 Å². The van der Waals surface area contributed by atoms with Gasteiger partial charge in [0.25, 0.3) is 5.91 Å². The van der Waals surface area contributed by atoms with Crippen LogP contribution in [0.1, 0.15) is 45.6 Å². The van der Waals surface area contributed by atoms with Crippen LogP contribution in [-0.2, 0) is 13.1 Å². The summed E-state index contributed by atoms with van der Waals surface area (Å²) in [5.41, 5.74) is 4.48. The predicted molar refractivity (Wildman–Crippen MR) is 115 cm³/mol. The highest BCUT2D eigenvalue weighted by Crippen LogP contribution is 2.31. The van der Waals surface area contributed by atoms with Gasteiger partial charge in [0.05, 0.1) is 12.2 Å². The third kappa shape index (κ3) is 4.06. The van der Waals surface area contributed by atoms with E-state index in [0.29, 0.717) is 36.9 Å². The van der Waals surface area contributed by atoms with Crippen LogP contribution in [0.15, 0.2) is 66.9 Å². The minimum Gasteiger partial charge on any atom is -0.492 e. The summed E-state index contributed by atoms with van der Waals surface area (Å²) >= 11 is 0. The molecule has 2 heterocycles. The minimum absolute atomic E-state index is 0.0147. The zero-order valence-corrected chi connectivity index (χ0v) is 16.7. The summed E-state index contributed by atoms with van der Waals surface area (Å²) in [6.45, 7) is 1.99. The molecule has 0 radical (unpaired) electrons. The van der Waals surface area contributed by atoms with Crippen LogP contribution in [0.25, 0.3) is 0 Å². The summed E-state index contributed by atoms with van der Waals surface area (Å²) in [7, 11) is 0. The lowest BCUT2D eigenvalue weighted by Crippen LogP contribution is -2.25. The van der Waals surface area contributed by atoms with Crippen LogP contribution in [0.2, 0.25) is 0 Å². The molecule has 4 nitrogen and oxygen atoms in total. The van der Waals surface area contributed by atoms with Gasteiger partial charge in [0, 0.05) is 24.8 Å². The van der Waals surface area contributed by atoms with E-state index in [2.05, 4.69) is 29.0 Å². The van der Waals surface area contributed by atoms with Crippen molar-refractivity contribution < 1.29 is 9.53 Å². The molecule has 4 heteroatoms. The number of carbonyl (C=O) groups is 1. The first-order chi connectivity index (χ1) is 14.8. The molecule has 1 saturated carbocycles. The standard InChI is InChI=1S/C26H22N2O2/c29-26(28-16-22-5-1-2-6-23(22)17-28)21-11-13-25(30-18-19-8-9-19)20(15-21)10-12-24-7-3-4-14-27-24/h1-7,11,13-15,19H,8-9,16-18H2. The molecule has 3 aromatic rings. The Morgan fingerprint density at radius 2 is 1.77 bits per heavy atom. The third-order valence-electron chi connectivity index (χ3n) is 5.52. The van der Waals surface area contributed by atoms with Crippen LogP contribution < -0.4 is 4.74 Å². The average Bonchev–Trinajstić information content (AvgIpc) is 3.52. The molecule has 0 bridgehead atoms. The zero-order valence-electron chi connectivity index (χ0n) is 16.7. The van der Waals surface area contributed by atoms with E-state index in [9.17, 15) is 4.79 Å². The Morgan fingerprint density at radius 1 is 1.00 bits per heavy atom. The van der Waals surface area contributed by atoms with Gasteiger partial charge in [0.1, 0.15) is 11.4 Å². The molecule has 148 valence electrons. The van der Waals surface area contributed by atoms with Crippen molar-refractivity contribution >= 4 is 5.91 Å². The summed E-state index contributed by atoms with van der Waals surface area (Å²) < 4.78 is 6.01. The molecular weight excluding hydrogens is 372 g/mol. The maximum Gasteiger partial charge on any atom is 0.254 e. The number of aromatic nitrogens is 1. The molecule has 1 fully saturated rings. The number of pyridine rings is 1. The number of hydrogen-bond donors (Lipinski definition) is 0. The molecule has 0 atom stereocenters. The van der Waals surface area contributed by atoms with E-state index in [1.807, 2.05) is 53.4 Å². The Hall–Kier alpha value is -3.58. The van der Waals surface area contributed by atoms with Crippen molar-refractivity contribution in [2.24, 2.45) is 5.92 Å². The van der Waals surface area contributed by atoms with Crippen molar-refractivity contribution in [2.45, 2.75) is 25.9 Å². The van der Waals surface area contributed by atoms with Gasteiger partial charge < -0.3 is 9.64 Å². The van der Waals surface area contributed by atoms with Crippen LogP contribution in [-0.4, -0.2) is 22.4 Å². The fourth-order valence-corrected chi connectivity index (χ4v) is 3.61. The van der Waals surface area contributed by atoms with E-state index < -0.39 is 0 Å². The number of carbonyl (C=O) groups excluding carboxylic acids is 1. The highest BCUT2D eigenvalue weighted by molar-refractivity contribution is 5.95. The number of hydrogen-bond acceptors (Lipinski definition) is 3. The normalized spacial score (nSPS) is 14.6. The molecule has 30 heavy (non-hydrogen) atoms. The lowest BCUT2D eigenvalue weighted by atomic mass is 10.1. The van der Waals surface area contributed by atoms with Gasteiger partial charge in [-0.3, -0.25) is 4.79 Å². The quantitative estimate of drug-likeness (QED) is 0.615. The highest BCUT2D eigenvalue weighted by atomic mass is 16.5. The number of nitrogens with zero attached hydrogens (tertiary/aromatic N) is 2. The fourth-order valence-electron chi connectivity index (χ4n) is 3.61. The first-order valence-electron chi connectivity index (χ1n) is 10.3. The summed E-state index contributed by atoms with van der Waals surface area (Å²) in [5, 5.41) is 0. The second kappa shape index (κ2) is 8.04. The maximum absolute atomic E-state index is 13.2. The van der Waals surface area contributed by atoms with Gasteiger partial charge in [-0.15, -0.1) is 0 Å². The molecule has 2 aliphatic rings. The number of fused-ring (bicyclic) bond motifs is 1. The molecule has 1 aromatic heterocycles. The third-order valence-corrected chi connectivity index (χ3v) is 5.52. The fraction of sp³-hybridized carbons (Fsp3) is 0.231. The number of rotatable bonds is 4. The maximum atomic E-state index is 13.2. The molecule has 0 spiro atoms. The Morgan fingerprint density at radius 3 is 2.47 bits per heavy atom. The van der Waals surface area contributed by atoms with Gasteiger partial charge in [-0.25, -0.2) is 4.98 Å². The predicted octanol–water partition coefficient (Wildman–Crippen LogP) is 4.43. The van der Waals surface area contributed by atoms with E-state index in [1.165, 1.54) is 24.0 Å². The minimum atomic E-state index is 0.0147. The van der Waals surface area contributed by atoms with Crippen LogP contribution in [0.3, 0.4) is 0 Å². The summed E-state index contributed by atoms with van der Waals surface area (Å²) in [4.78, 5) is 19.3. The molecule has 1 aliphatic carbocycles. The first-order valence-corrected chi connectivity index (χ1v) is 10.3. The van der Waals surface area contributed by atoms with Crippen molar-refractivity contribution in [3.8, 4) is 17.6 Å². The largest absolute Gasteiger partial charge is 0.492 e. The molecule has 0 unspecified atom stereocenters. The van der Waals surface area contributed by atoms with Crippen molar-refractivity contribution in [3.63, 3.8) is 0 Å². The Balaban J connectivity index is 1.41. The molecule has 1 amide bonds. The van der Waals surface area contributed by atoms with E-state index in [-0.39, 0.29) is 5.91 Å². The van der Waals surface area contributed by atoms with Crippen LogP contribution in [0.5, 0.6) is 5.75 Å².